The van der Waals surface area contributed by atoms with Gasteiger partial charge >= 0.3 is 0 Å². The van der Waals surface area contributed by atoms with Crippen LogP contribution in [-0.4, -0.2) is 17.8 Å². The van der Waals surface area contributed by atoms with E-state index in [1.54, 1.807) is 18.2 Å². The number of alkyl halides is 1. The Bertz CT molecular complexity index is 414. The van der Waals surface area contributed by atoms with Gasteiger partial charge in [-0.3, -0.25) is 4.79 Å². The second kappa shape index (κ2) is 5.59. The van der Waals surface area contributed by atoms with E-state index < -0.39 is 0 Å². The lowest BCUT2D eigenvalue weighted by atomic mass is 10.2. The van der Waals surface area contributed by atoms with Crippen LogP contribution in [0.3, 0.4) is 0 Å². The monoisotopic (exact) mass is 335 g/mol. The van der Waals surface area contributed by atoms with Crippen molar-refractivity contribution in [2.45, 2.75) is 18.2 Å². The molecular weight excluding hydrogens is 325 g/mol. The number of carbonyl (C=O) groups is 1. The summed E-state index contributed by atoms with van der Waals surface area (Å²) >= 11 is 15.3. The average molecular weight is 337 g/mol. The van der Waals surface area contributed by atoms with Crippen molar-refractivity contribution in [1.82, 2.24) is 5.32 Å². The number of carbonyl (C=O) groups excluding carboxylic acids is 1. The van der Waals surface area contributed by atoms with Gasteiger partial charge in [0.2, 0.25) is 0 Å². The van der Waals surface area contributed by atoms with E-state index in [0.717, 1.165) is 4.47 Å². The van der Waals surface area contributed by atoms with Gasteiger partial charge in [-0.2, -0.15) is 0 Å². The molecule has 1 unspecified atom stereocenters. The first kappa shape index (κ1) is 13.2. The number of amides is 1. The quantitative estimate of drug-likeness (QED) is 0.831. The van der Waals surface area contributed by atoms with Crippen molar-refractivity contribution in [3.63, 3.8) is 0 Å². The second-order valence-electron chi connectivity index (χ2n) is 4.22. The third-order valence-corrected chi connectivity index (χ3v) is 3.90. The third kappa shape index (κ3) is 3.87. The molecule has 1 N–H and O–H groups in total. The fourth-order valence-corrected chi connectivity index (χ4v) is 2.79. The normalized spacial score (nSPS) is 16.6. The summed E-state index contributed by atoms with van der Waals surface area (Å²) in [6, 6.07) is 5.12. The van der Waals surface area contributed by atoms with Crippen LogP contribution >= 0.6 is 39.1 Å². The molecule has 1 saturated carbocycles. The fourth-order valence-electron chi connectivity index (χ4n) is 1.60. The van der Waals surface area contributed by atoms with Gasteiger partial charge in [-0.25, -0.2) is 0 Å². The molecule has 1 aromatic carbocycles. The SMILES string of the molecule is O=C(NCC(Cl)C1CC1)c1cc(Cl)cc(Br)c1. The van der Waals surface area contributed by atoms with Gasteiger partial charge in [0.05, 0.1) is 5.38 Å². The zero-order valence-electron chi connectivity index (χ0n) is 9.05. The van der Waals surface area contributed by atoms with E-state index in [-0.39, 0.29) is 11.3 Å². The Labute approximate surface area is 119 Å². The number of nitrogens with one attached hydrogen (secondary N) is 1. The molecule has 1 aliphatic rings. The Morgan fingerprint density at radius 1 is 1.47 bits per heavy atom. The predicted octanol–water partition coefficient (Wildman–Crippen LogP) is 3.85. The Balaban J connectivity index is 1.94. The van der Waals surface area contributed by atoms with E-state index in [1.807, 2.05) is 0 Å². The summed E-state index contributed by atoms with van der Waals surface area (Å²) < 4.78 is 0.791. The molecule has 0 bridgehead atoms. The average Bonchev–Trinajstić information content (AvgIpc) is 3.07. The molecule has 2 rings (SSSR count). The van der Waals surface area contributed by atoms with Gasteiger partial charge in [0.15, 0.2) is 0 Å². The molecule has 0 heterocycles. The molecule has 0 aromatic heterocycles. The minimum Gasteiger partial charge on any atom is -0.351 e. The molecule has 17 heavy (non-hydrogen) atoms. The summed E-state index contributed by atoms with van der Waals surface area (Å²) in [5.41, 5.74) is 0.545. The van der Waals surface area contributed by atoms with Gasteiger partial charge in [-0.05, 0) is 37.0 Å². The standard InChI is InChI=1S/C12H12BrCl2NO/c13-9-3-8(4-10(14)5-9)12(17)16-6-11(15)7-1-2-7/h3-5,7,11H,1-2,6H2,(H,16,17). The number of halogens is 3. The van der Waals surface area contributed by atoms with Crippen molar-refractivity contribution in [3.05, 3.63) is 33.3 Å². The van der Waals surface area contributed by atoms with Gasteiger partial charge in [0, 0.05) is 21.6 Å². The summed E-state index contributed by atoms with van der Waals surface area (Å²) in [4.78, 5) is 11.8. The Morgan fingerprint density at radius 2 is 2.18 bits per heavy atom. The van der Waals surface area contributed by atoms with E-state index in [0.29, 0.717) is 23.0 Å². The maximum absolute atomic E-state index is 11.8. The van der Waals surface area contributed by atoms with Crippen LogP contribution in [0.2, 0.25) is 5.02 Å². The first-order valence-electron chi connectivity index (χ1n) is 5.44. The summed E-state index contributed by atoms with van der Waals surface area (Å²) in [5.74, 6) is 0.433. The summed E-state index contributed by atoms with van der Waals surface area (Å²) in [6.07, 6.45) is 2.35. The van der Waals surface area contributed by atoms with E-state index in [2.05, 4.69) is 21.2 Å². The van der Waals surface area contributed by atoms with Gasteiger partial charge in [-0.1, -0.05) is 27.5 Å². The van der Waals surface area contributed by atoms with Crippen LogP contribution in [0.15, 0.2) is 22.7 Å². The lowest BCUT2D eigenvalue weighted by molar-refractivity contribution is 0.0953. The Morgan fingerprint density at radius 3 is 2.76 bits per heavy atom. The van der Waals surface area contributed by atoms with E-state index in [1.165, 1.54) is 12.8 Å². The highest BCUT2D eigenvalue weighted by molar-refractivity contribution is 9.10. The molecule has 1 amide bonds. The van der Waals surface area contributed by atoms with E-state index in [9.17, 15) is 4.79 Å². The van der Waals surface area contributed by atoms with Crippen LogP contribution in [0.25, 0.3) is 0 Å². The summed E-state index contributed by atoms with van der Waals surface area (Å²) in [6.45, 7) is 0.509. The highest BCUT2D eigenvalue weighted by Gasteiger charge is 2.29. The van der Waals surface area contributed by atoms with Crippen LogP contribution in [-0.2, 0) is 0 Å². The lowest BCUT2D eigenvalue weighted by Crippen LogP contribution is -2.30. The van der Waals surface area contributed by atoms with Crippen molar-refractivity contribution in [2.24, 2.45) is 5.92 Å². The topological polar surface area (TPSA) is 29.1 Å². The Kier molecular flexibility index (Phi) is 4.34. The molecule has 92 valence electrons. The number of hydrogen-bond acceptors (Lipinski definition) is 1. The Hall–Kier alpha value is -0.250. The van der Waals surface area contributed by atoms with Crippen molar-refractivity contribution in [1.29, 1.82) is 0 Å². The molecular formula is C12H12BrCl2NO. The van der Waals surface area contributed by atoms with E-state index >= 15 is 0 Å². The highest BCUT2D eigenvalue weighted by Crippen LogP contribution is 2.35. The summed E-state index contributed by atoms with van der Waals surface area (Å²) in [7, 11) is 0. The maximum atomic E-state index is 11.8. The van der Waals surface area contributed by atoms with Crippen LogP contribution in [0.1, 0.15) is 23.2 Å². The third-order valence-electron chi connectivity index (χ3n) is 2.72. The molecule has 1 aliphatic carbocycles. The van der Waals surface area contributed by atoms with Crippen molar-refractivity contribution in [3.8, 4) is 0 Å². The number of rotatable bonds is 4. The first-order chi connectivity index (χ1) is 8.06. The predicted molar refractivity (Wildman–Crippen MR) is 73.9 cm³/mol. The molecule has 0 radical (unpaired) electrons. The molecule has 2 nitrogen and oxygen atoms in total. The second-order valence-corrected chi connectivity index (χ2v) is 6.13. The molecule has 1 fully saturated rings. The van der Waals surface area contributed by atoms with E-state index in [4.69, 9.17) is 23.2 Å². The zero-order valence-corrected chi connectivity index (χ0v) is 12.1. The van der Waals surface area contributed by atoms with Gasteiger partial charge < -0.3 is 5.32 Å². The minimum absolute atomic E-state index is 0.0431. The largest absolute Gasteiger partial charge is 0.351 e. The van der Waals surface area contributed by atoms with Crippen LogP contribution < -0.4 is 5.32 Å². The van der Waals surface area contributed by atoms with Gasteiger partial charge in [0.1, 0.15) is 0 Å². The number of hydrogen-bond donors (Lipinski definition) is 1. The molecule has 1 atom stereocenters. The van der Waals surface area contributed by atoms with Gasteiger partial charge in [0.25, 0.3) is 5.91 Å². The zero-order chi connectivity index (χ0) is 12.4. The molecule has 5 heteroatoms. The first-order valence-corrected chi connectivity index (χ1v) is 7.05. The van der Waals surface area contributed by atoms with Crippen LogP contribution in [0.4, 0.5) is 0 Å². The summed E-state index contributed by atoms with van der Waals surface area (Å²) in [5, 5.41) is 3.40. The molecule has 0 saturated heterocycles. The molecule has 1 aromatic rings. The highest BCUT2D eigenvalue weighted by atomic mass is 79.9. The molecule has 0 spiro atoms. The maximum Gasteiger partial charge on any atom is 0.251 e. The number of benzene rings is 1. The van der Waals surface area contributed by atoms with Crippen molar-refractivity contribution >= 4 is 45.0 Å². The molecule has 0 aliphatic heterocycles. The van der Waals surface area contributed by atoms with Crippen LogP contribution in [0.5, 0.6) is 0 Å². The van der Waals surface area contributed by atoms with Crippen molar-refractivity contribution in [2.75, 3.05) is 6.54 Å². The van der Waals surface area contributed by atoms with Crippen LogP contribution in [0, 0.1) is 5.92 Å². The van der Waals surface area contributed by atoms with Crippen molar-refractivity contribution < 1.29 is 4.79 Å². The fraction of sp³-hybridized carbons (Fsp3) is 0.417. The smallest absolute Gasteiger partial charge is 0.251 e. The lowest BCUT2D eigenvalue weighted by Gasteiger charge is -2.10. The minimum atomic E-state index is -0.139. The van der Waals surface area contributed by atoms with Gasteiger partial charge in [-0.15, -0.1) is 11.6 Å².